The molecule has 1 aliphatic rings. The highest BCUT2D eigenvalue weighted by atomic mass is 32.2. The molecule has 2 rings (SSSR count). The highest BCUT2D eigenvalue weighted by molar-refractivity contribution is 7.85. The largest absolute Gasteiger partial charge is 0.493 e. The molecule has 5 heteroatoms. The van der Waals surface area contributed by atoms with E-state index in [0.29, 0.717) is 12.4 Å². The average Bonchev–Trinajstić information content (AvgIpc) is 2.72. The molecule has 0 fully saturated rings. The number of fused-ring (bicyclic) bond motifs is 1. The number of carboxylic acids is 1. The third-order valence-corrected chi connectivity index (χ3v) is 4.87. The Morgan fingerprint density at radius 2 is 2.28 bits per heavy atom. The minimum Gasteiger partial charge on any atom is -0.493 e. The monoisotopic (exact) mass is 268 g/mol. The Kier molecular flexibility index (Phi) is 4.01. The number of ether oxygens (including phenoxy) is 1. The van der Waals surface area contributed by atoms with Crippen molar-refractivity contribution in [3.05, 3.63) is 29.8 Å². The van der Waals surface area contributed by atoms with Crippen LogP contribution in [-0.2, 0) is 15.6 Å². The Bertz CT molecular complexity index is 472. The van der Waals surface area contributed by atoms with Gasteiger partial charge in [-0.1, -0.05) is 25.1 Å². The van der Waals surface area contributed by atoms with Gasteiger partial charge in [-0.15, -0.1) is 0 Å². The van der Waals surface area contributed by atoms with Gasteiger partial charge in [-0.2, -0.15) is 0 Å². The predicted octanol–water partition coefficient (Wildman–Crippen LogP) is 1.77. The van der Waals surface area contributed by atoms with E-state index in [-0.39, 0.29) is 17.6 Å². The molecule has 98 valence electrons. The number of para-hydroxylation sites is 1. The molecular weight excluding hydrogens is 252 g/mol. The summed E-state index contributed by atoms with van der Waals surface area (Å²) >= 11 is 0. The number of hydrogen-bond donors (Lipinski definition) is 1. The first kappa shape index (κ1) is 13.1. The highest BCUT2D eigenvalue weighted by Crippen LogP contribution is 2.34. The third-order valence-electron chi connectivity index (χ3n) is 3.08. The summed E-state index contributed by atoms with van der Waals surface area (Å²) in [6, 6.07) is 7.72. The summed E-state index contributed by atoms with van der Waals surface area (Å²) in [6.45, 7) is 2.25. The van der Waals surface area contributed by atoms with E-state index in [9.17, 15) is 9.00 Å². The van der Waals surface area contributed by atoms with Gasteiger partial charge in [-0.25, -0.2) is 0 Å². The van der Waals surface area contributed by atoms with Crippen molar-refractivity contribution >= 4 is 16.8 Å². The molecule has 1 aromatic rings. The molecule has 0 saturated heterocycles. The minimum atomic E-state index is -1.14. The number of carbonyl (C=O) groups is 1. The summed E-state index contributed by atoms with van der Waals surface area (Å²) in [7, 11) is -1.14. The smallest absolute Gasteiger partial charge is 0.304 e. The number of hydrogen-bond acceptors (Lipinski definition) is 3. The van der Waals surface area contributed by atoms with Gasteiger partial charge in [0.1, 0.15) is 5.75 Å². The maximum atomic E-state index is 12.0. The zero-order valence-corrected chi connectivity index (χ0v) is 11.0. The lowest BCUT2D eigenvalue weighted by Gasteiger charge is -2.12. The van der Waals surface area contributed by atoms with Crippen molar-refractivity contribution in [2.24, 2.45) is 0 Å². The topological polar surface area (TPSA) is 63.6 Å². The molecule has 0 amide bonds. The molecule has 1 N–H and O–H groups in total. The molecule has 0 saturated carbocycles. The van der Waals surface area contributed by atoms with Crippen molar-refractivity contribution in [2.45, 2.75) is 24.5 Å². The van der Waals surface area contributed by atoms with Crippen LogP contribution in [0.15, 0.2) is 24.3 Å². The summed E-state index contributed by atoms with van der Waals surface area (Å²) in [5, 5.41) is 8.37. The number of rotatable bonds is 5. The second kappa shape index (κ2) is 5.52. The SMILES string of the molecule is CC(CC(=O)O)S(=O)CC1COc2ccccc21. The van der Waals surface area contributed by atoms with Gasteiger partial charge in [0.2, 0.25) is 0 Å². The molecule has 3 atom stereocenters. The molecule has 1 aromatic carbocycles. The van der Waals surface area contributed by atoms with Crippen LogP contribution in [0.25, 0.3) is 0 Å². The second-order valence-corrected chi connectivity index (χ2v) is 6.40. The van der Waals surface area contributed by atoms with E-state index in [0.717, 1.165) is 11.3 Å². The molecule has 1 aliphatic heterocycles. The van der Waals surface area contributed by atoms with E-state index in [2.05, 4.69) is 0 Å². The Morgan fingerprint density at radius 1 is 1.56 bits per heavy atom. The van der Waals surface area contributed by atoms with E-state index in [1.165, 1.54) is 0 Å². The summed E-state index contributed by atoms with van der Waals surface area (Å²) in [6.07, 6.45) is -0.0537. The zero-order valence-electron chi connectivity index (χ0n) is 10.2. The highest BCUT2D eigenvalue weighted by Gasteiger charge is 2.27. The molecule has 0 bridgehead atoms. The quantitative estimate of drug-likeness (QED) is 0.884. The molecule has 3 unspecified atom stereocenters. The maximum Gasteiger partial charge on any atom is 0.304 e. The normalized spacial score (nSPS) is 20.8. The Labute approximate surface area is 108 Å². The molecule has 1 heterocycles. The summed E-state index contributed by atoms with van der Waals surface area (Å²) in [5.41, 5.74) is 1.08. The van der Waals surface area contributed by atoms with Crippen LogP contribution in [0.5, 0.6) is 5.75 Å². The van der Waals surface area contributed by atoms with Gasteiger partial charge in [-0.3, -0.25) is 9.00 Å². The first-order valence-corrected chi connectivity index (χ1v) is 7.27. The van der Waals surface area contributed by atoms with Gasteiger partial charge in [-0.05, 0) is 6.07 Å². The van der Waals surface area contributed by atoms with Crippen LogP contribution in [0.3, 0.4) is 0 Å². The summed E-state index contributed by atoms with van der Waals surface area (Å²) in [4.78, 5) is 10.6. The van der Waals surface area contributed by atoms with Gasteiger partial charge >= 0.3 is 5.97 Å². The van der Waals surface area contributed by atoms with Crippen molar-refractivity contribution in [2.75, 3.05) is 12.4 Å². The number of benzene rings is 1. The second-order valence-electron chi connectivity index (χ2n) is 4.50. The van der Waals surface area contributed by atoms with Crippen LogP contribution in [0, 0.1) is 0 Å². The van der Waals surface area contributed by atoms with Crippen molar-refractivity contribution in [1.29, 1.82) is 0 Å². The van der Waals surface area contributed by atoms with E-state index < -0.39 is 16.8 Å². The lowest BCUT2D eigenvalue weighted by molar-refractivity contribution is -0.136. The molecule has 0 radical (unpaired) electrons. The van der Waals surface area contributed by atoms with Gasteiger partial charge in [0, 0.05) is 33.3 Å². The van der Waals surface area contributed by atoms with E-state index in [1.807, 2.05) is 24.3 Å². The molecule has 0 spiro atoms. The van der Waals surface area contributed by atoms with Gasteiger partial charge in [0.25, 0.3) is 0 Å². The molecular formula is C13H16O4S. The standard InChI is InChI=1S/C13H16O4S/c1-9(6-13(14)15)18(16)8-10-7-17-12-5-3-2-4-11(10)12/h2-5,9-10H,6-8H2,1H3,(H,14,15). The van der Waals surface area contributed by atoms with Gasteiger partial charge in [0.15, 0.2) is 0 Å². The Morgan fingerprint density at radius 3 is 3.00 bits per heavy atom. The summed E-state index contributed by atoms with van der Waals surface area (Å²) < 4.78 is 17.6. The van der Waals surface area contributed by atoms with Crippen LogP contribution in [-0.4, -0.2) is 32.9 Å². The van der Waals surface area contributed by atoms with Crippen LogP contribution in [0.2, 0.25) is 0 Å². The lowest BCUT2D eigenvalue weighted by Crippen LogP contribution is -2.22. The molecule has 18 heavy (non-hydrogen) atoms. The fourth-order valence-corrected chi connectivity index (χ4v) is 3.40. The number of aliphatic carboxylic acids is 1. The van der Waals surface area contributed by atoms with Crippen LogP contribution < -0.4 is 4.74 Å². The number of carboxylic acid groups (broad SMARTS) is 1. The van der Waals surface area contributed by atoms with E-state index in [1.54, 1.807) is 6.92 Å². The lowest BCUT2D eigenvalue weighted by atomic mass is 10.0. The van der Waals surface area contributed by atoms with E-state index >= 15 is 0 Å². The van der Waals surface area contributed by atoms with E-state index in [4.69, 9.17) is 9.84 Å². The first-order chi connectivity index (χ1) is 8.58. The maximum absolute atomic E-state index is 12.0. The zero-order chi connectivity index (χ0) is 13.1. The van der Waals surface area contributed by atoms with Gasteiger partial charge in [0.05, 0.1) is 13.0 Å². The van der Waals surface area contributed by atoms with Gasteiger partial charge < -0.3 is 9.84 Å². The molecule has 0 aliphatic carbocycles. The fraction of sp³-hybridized carbons (Fsp3) is 0.462. The average molecular weight is 268 g/mol. The van der Waals surface area contributed by atoms with Crippen molar-refractivity contribution in [3.8, 4) is 5.75 Å². The van der Waals surface area contributed by atoms with Crippen LogP contribution >= 0.6 is 0 Å². The summed E-state index contributed by atoms with van der Waals surface area (Å²) in [5.74, 6) is 0.522. The Hall–Kier alpha value is -1.36. The van der Waals surface area contributed by atoms with Crippen molar-refractivity contribution in [1.82, 2.24) is 0 Å². The predicted molar refractivity (Wildman–Crippen MR) is 69.4 cm³/mol. The van der Waals surface area contributed by atoms with Crippen molar-refractivity contribution in [3.63, 3.8) is 0 Å². The van der Waals surface area contributed by atoms with Crippen LogP contribution in [0.4, 0.5) is 0 Å². The van der Waals surface area contributed by atoms with Crippen molar-refractivity contribution < 1.29 is 18.8 Å². The van der Waals surface area contributed by atoms with Crippen LogP contribution in [0.1, 0.15) is 24.8 Å². The molecule has 4 nitrogen and oxygen atoms in total. The first-order valence-electron chi connectivity index (χ1n) is 5.88. The molecule has 0 aromatic heterocycles. The Balaban J connectivity index is 1.99. The minimum absolute atomic E-state index is 0.0537. The fourth-order valence-electron chi connectivity index (χ4n) is 2.07. The third kappa shape index (κ3) is 2.90.